The van der Waals surface area contributed by atoms with Crippen molar-refractivity contribution < 1.29 is 27.3 Å². The van der Waals surface area contributed by atoms with E-state index >= 15 is 0 Å². The van der Waals surface area contributed by atoms with Crippen LogP contribution in [0.5, 0.6) is 11.6 Å². The van der Waals surface area contributed by atoms with Crippen LogP contribution in [0.2, 0.25) is 10.0 Å². The highest BCUT2D eigenvalue weighted by Crippen LogP contribution is 2.38. The Balaban J connectivity index is 2.38. The average Bonchev–Trinajstić information content (AvgIpc) is 2.70. The van der Waals surface area contributed by atoms with Gasteiger partial charge in [-0.2, -0.15) is 10.4 Å². The highest BCUT2D eigenvalue weighted by molar-refractivity contribution is 6.44. The standard InChI is InChI=1S/C17H14Cl2N6O5/c1-7(2)9-5-13(24-25-15(9)26)29-14-10(18)3-8(4-11(14)19)22-23-12(6-20)16(27)30-17(21)28/h3-5,7,22H,1-2H3,(H2,21,28)(H,25,26)/i1D3,2D3. The number of nitrogens with zero attached hydrogens (tertiary/aromatic N) is 3. The Labute approximate surface area is 187 Å². The molecule has 30 heavy (non-hydrogen) atoms. The molecule has 1 amide bonds. The lowest BCUT2D eigenvalue weighted by Crippen LogP contribution is -2.24. The van der Waals surface area contributed by atoms with Crippen molar-refractivity contribution in [3.05, 3.63) is 44.2 Å². The molecule has 0 saturated heterocycles. The number of rotatable bonds is 6. The molecule has 0 aliphatic rings. The summed E-state index contributed by atoms with van der Waals surface area (Å²) in [6.45, 7) is -6.10. The predicted molar refractivity (Wildman–Crippen MR) is 108 cm³/mol. The second-order valence-electron chi connectivity index (χ2n) is 5.19. The third-order valence-electron chi connectivity index (χ3n) is 3.11. The number of nitrogens with two attached hydrogens (primary N) is 1. The number of primary amides is 1. The summed E-state index contributed by atoms with van der Waals surface area (Å²) < 4.78 is 54.7. The fraction of sp³-hybridized carbons (Fsp3) is 0.176. The number of H-pyrrole nitrogens is 1. The molecular formula is C17H14Cl2N6O5. The number of hydrogen-bond donors (Lipinski definition) is 3. The Hall–Kier alpha value is -3.62. The Morgan fingerprint density at radius 3 is 2.60 bits per heavy atom. The maximum Gasteiger partial charge on any atom is 0.412 e. The molecule has 0 fully saturated rings. The Morgan fingerprint density at radius 1 is 1.37 bits per heavy atom. The number of benzene rings is 1. The molecule has 0 atom stereocenters. The molecule has 0 spiro atoms. The van der Waals surface area contributed by atoms with Crippen molar-refractivity contribution in [1.29, 1.82) is 5.26 Å². The smallest absolute Gasteiger partial charge is 0.412 e. The quantitative estimate of drug-likeness (QED) is 0.256. The highest BCUT2D eigenvalue weighted by Gasteiger charge is 2.17. The number of carbonyl (C=O) groups excluding carboxylic acids is 2. The van der Waals surface area contributed by atoms with Crippen LogP contribution in [-0.4, -0.2) is 28.0 Å². The molecule has 13 heteroatoms. The van der Waals surface area contributed by atoms with E-state index in [1.54, 1.807) is 0 Å². The zero-order valence-corrected chi connectivity index (χ0v) is 16.0. The number of aromatic amines is 1. The molecule has 2 rings (SSSR count). The van der Waals surface area contributed by atoms with Gasteiger partial charge in [0, 0.05) is 19.9 Å². The van der Waals surface area contributed by atoms with Gasteiger partial charge in [-0.3, -0.25) is 10.2 Å². The minimum atomic E-state index is -3.05. The SMILES string of the molecule is [2H]C([2H])([2H])C(c1cc(Oc2c(Cl)cc(NN=C(C#N)C(=O)OC(N)=O)cc2Cl)n[nH]c1=O)C([2H])([2H])[2H]. The third kappa shape index (κ3) is 5.69. The van der Waals surface area contributed by atoms with Crippen molar-refractivity contribution in [2.45, 2.75) is 19.6 Å². The van der Waals surface area contributed by atoms with Crippen molar-refractivity contribution in [1.82, 2.24) is 10.2 Å². The fourth-order valence-electron chi connectivity index (χ4n) is 1.87. The Morgan fingerprint density at radius 2 is 2.03 bits per heavy atom. The molecule has 0 radical (unpaired) electrons. The molecule has 0 unspecified atom stereocenters. The van der Waals surface area contributed by atoms with Gasteiger partial charge >= 0.3 is 12.1 Å². The number of hydrogen-bond acceptors (Lipinski definition) is 9. The summed E-state index contributed by atoms with van der Waals surface area (Å²) in [5, 5.41) is 17.6. The number of ether oxygens (including phenoxy) is 2. The summed E-state index contributed by atoms with van der Waals surface area (Å²) in [5.74, 6) is -4.20. The first-order valence-electron chi connectivity index (χ1n) is 10.6. The molecule has 4 N–H and O–H groups in total. The molecular weight excluding hydrogens is 439 g/mol. The van der Waals surface area contributed by atoms with Gasteiger partial charge in [0.2, 0.25) is 11.6 Å². The third-order valence-corrected chi connectivity index (χ3v) is 3.68. The van der Waals surface area contributed by atoms with Crippen LogP contribution in [0.4, 0.5) is 10.5 Å². The number of halogens is 2. The molecule has 11 nitrogen and oxygen atoms in total. The number of nitriles is 1. The summed E-state index contributed by atoms with van der Waals surface area (Å²) in [6.07, 6.45) is -1.45. The largest absolute Gasteiger partial charge is 0.434 e. The number of esters is 1. The summed E-state index contributed by atoms with van der Waals surface area (Å²) in [6, 6.07) is 4.59. The van der Waals surface area contributed by atoms with Gasteiger partial charge < -0.3 is 15.2 Å². The van der Waals surface area contributed by atoms with Crippen LogP contribution in [0.1, 0.15) is 33.4 Å². The molecule has 1 aromatic heterocycles. The van der Waals surface area contributed by atoms with Gasteiger partial charge in [0.05, 0.1) is 15.7 Å². The van der Waals surface area contributed by atoms with Gasteiger partial charge in [-0.05, 0) is 18.1 Å². The van der Waals surface area contributed by atoms with Gasteiger partial charge in [-0.15, -0.1) is 5.10 Å². The number of aromatic nitrogens is 2. The molecule has 156 valence electrons. The number of nitrogens with one attached hydrogen (secondary N) is 2. The van der Waals surface area contributed by atoms with E-state index in [-0.39, 0.29) is 21.5 Å². The average molecular weight is 459 g/mol. The van der Waals surface area contributed by atoms with E-state index in [4.69, 9.17) is 47.2 Å². The second kappa shape index (κ2) is 9.73. The van der Waals surface area contributed by atoms with Crippen molar-refractivity contribution in [2.24, 2.45) is 10.8 Å². The second-order valence-corrected chi connectivity index (χ2v) is 6.00. The van der Waals surface area contributed by atoms with Crippen LogP contribution in [0.15, 0.2) is 28.1 Å². The summed E-state index contributed by atoms with van der Waals surface area (Å²) in [4.78, 5) is 34.3. The Bertz CT molecular complexity index is 1280. The zero-order chi connectivity index (χ0) is 27.4. The minimum Gasteiger partial charge on any atom is -0.434 e. The van der Waals surface area contributed by atoms with Crippen LogP contribution in [-0.2, 0) is 9.53 Å². The monoisotopic (exact) mass is 458 g/mol. The maximum atomic E-state index is 12.2. The Kier molecular flexibility index (Phi) is 4.95. The van der Waals surface area contributed by atoms with Crippen molar-refractivity contribution >= 4 is 46.7 Å². The number of carbonyl (C=O) groups is 2. The lowest BCUT2D eigenvalue weighted by Gasteiger charge is -2.12. The van der Waals surface area contributed by atoms with Gasteiger partial charge in [-0.25, -0.2) is 14.7 Å². The van der Waals surface area contributed by atoms with E-state index in [0.717, 1.165) is 6.07 Å². The van der Waals surface area contributed by atoms with Gasteiger partial charge in [0.15, 0.2) is 5.75 Å². The van der Waals surface area contributed by atoms with Crippen LogP contribution < -0.4 is 21.5 Å². The van der Waals surface area contributed by atoms with E-state index in [2.05, 4.69) is 20.4 Å². The topological polar surface area (TPSA) is 173 Å². The molecule has 0 aliphatic carbocycles. The number of anilines is 1. The van der Waals surface area contributed by atoms with Crippen molar-refractivity contribution in [3.8, 4) is 17.7 Å². The number of amides is 1. The van der Waals surface area contributed by atoms with Gasteiger partial charge in [0.1, 0.15) is 6.07 Å². The first-order valence-corrected chi connectivity index (χ1v) is 8.32. The first-order chi connectivity index (χ1) is 16.5. The number of hydrazone groups is 1. The summed E-state index contributed by atoms with van der Waals surface area (Å²) in [7, 11) is 0. The van der Waals surface area contributed by atoms with Crippen LogP contribution in [0.3, 0.4) is 0 Å². The minimum absolute atomic E-state index is 0.0389. The van der Waals surface area contributed by atoms with E-state index in [9.17, 15) is 14.4 Å². The van der Waals surface area contributed by atoms with Gasteiger partial charge in [-0.1, -0.05) is 36.9 Å². The first kappa shape index (κ1) is 15.3. The van der Waals surface area contributed by atoms with E-state index in [1.165, 1.54) is 18.2 Å². The van der Waals surface area contributed by atoms with Crippen LogP contribution >= 0.6 is 23.2 Å². The summed E-state index contributed by atoms with van der Waals surface area (Å²) >= 11 is 12.3. The normalized spacial score (nSPS) is 14.8. The molecule has 0 bridgehead atoms. The summed E-state index contributed by atoms with van der Waals surface area (Å²) in [5.41, 5.74) is 4.50. The zero-order valence-electron chi connectivity index (χ0n) is 20.5. The van der Waals surface area contributed by atoms with Gasteiger partial charge in [0.25, 0.3) is 5.56 Å². The van der Waals surface area contributed by atoms with E-state index in [1.807, 2.05) is 5.10 Å². The fourth-order valence-corrected chi connectivity index (χ4v) is 2.44. The molecule has 1 heterocycles. The highest BCUT2D eigenvalue weighted by atomic mass is 35.5. The lowest BCUT2D eigenvalue weighted by atomic mass is 10.1. The predicted octanol–water partition coefficient (Wildman–Crippen LogP) is 2.91. The van der Waals surface area contributed by atoms with E-state index in [0.29, 0.717) is 0 Å². The molecule has 1 aromatic carbocycles. The lowest BCUT2D eigenvalue weighted by molar-refractivity contribution is -0.129. The van der Waals surface area contributed by atoms with Crippen LogP contribution in [0.25, 0.3) is 0 Å². The maximum absolute atomic E-state index is 12.2. The van der Waals surface area contributed by atoms with Crippen molar-refractivity contribution in [2.75, 3.05) is 5.43 Å². The van der Waals surface area contributed by atoms with Crippen LogP contribution in [0, 0.1) is 11.3 Å². The molecule has 0 saturated carbocycles. The molecule has 2 aromatic rings. The van der Waals surface area contributed by atoms with E-state index < -0.39 is 54.4 Å². The molecule has 0 aliphatic heterocycles. The van der Waals surface area contributed by atoms with Crippen molar-refractivity contribution in [3.63, 3.8) is 0 Å².